The third-order valence-electron chi connectivity index (χ3n) is 11.1. The van der Waals surface area contributed by atoms with E-state index in [1.54, 1.807) is 47.9 Å². The molecule has 1 aromatic heterocycles. The average Bonchev–Trinajstić information content (AvgIpc) is 3.34. The van der Waals surface area contributed by atoms with Crippen molar-refractivity contribution in [2.45, 2.75) is 94.5 Å². The van der Waals surface area contributed by atoms with Crippen molar-refractivity contribution < 1.29 is 50.3 Å². The Kier molecular flexibility index (Phi) is 12.8. The van der Waals surface area contributed by atoms with Gasteiger partial charge in [-0.15, -0.1) is 0 Å². The number of pyridine rings is 1. The molecule has 0 spiro atoms. The lowest BCUT2D eigenvalue weighted by atomic mass is 9.89. The second-order valence-corrected chi connectivity index (χ2v) is 15.8. The van der Waals surface area contributed by atoms with Crippen LogP contribution in [0.15, 0.2) is 36.5 Å². The van der Waals surface area contributed by atoms with Crippen LogP contribution in [0.3, 0.4) is 0 Å². The number of hydrogen-bond donors (Lipinski definition) is 3. The molecule has 2 atom stereocenters. The summed E-state index contributed by atoms with van der Waals surface area (Å²) in [7, 11) is 0. The van der Waals surface area contributed by atoms with E-state index in [4.69, 9.17) is 22.2 Å². The number of rotatable bonds is 11. The summed E-state index contributed by atoms with van der Waals surface area (Å²) >= 11 is 5.65. The van der Waals surface area contributed by atoms with Crippen LogP contribution in [-0.4, -0.2) is 124 Å². The molecule has 4 aliphatic rings. The molecule has 4 fully saturated rings. The predicted molar refractivity (Wildman–Crippen MR) is 205 cm³/mol. The molecule has 21 heteroatoms. The number of benzene rings is 1. The summed E-state index contributed by atoms with van der Waals surface area (Å²) in [5.41, 5.74) is -2.67. The normalized spacial score (nSPS) is 24.5. The van der Waals surface area contributed by atoms with Crippen molar-refractivity contribution in [2.75, 3.05) is 54.9 Å². The van der Waals surface area contributed by atoms with Crippen molar-refractivity contribution in [1.82, 2.24) is 25.0 Å². The Morgan fingerprint density at radius 2 is 1.76 bits per heavy atom. The Labute approximate surface area is 341 Å². The fraction of sp³-hybridized carbons (Fsp3) is 0.553. The molecular formula is C38H43F6N9O5S. The number of thiocarbonyl (C=S) groups is 1. The number of carbonyl (C=O) groups excluding carboxylic acids is 4. The molecule has 3 N–H and O–H groups in total. The van der Waals surface area contributed by atoms with Gasteiger partial charge in [0.15, 0.2) is 10.8 Å². The van der Waals surface area contributed by atoms with E-state index >= 15 is 0 Å². The highest BCUT2D eigenvalue weighted by Crippen LogP contribution is 2.40. The van der Waals surface area contributed by atoms with Crippen LogP contribution in [-0.2, 0) is 30.1 Å². The molecule has 2 aromatic rings. The summed E-state index contributed by atoms with van der Waals surface area (Å²) in [6.07, 6.45) is -6.05. The quantitative estimate of drug-likeness (QED) is 0.166. The summed E-state index contributed by atoms with van der Waals surface area (Å²) in [6, 6.07) is 5.74. The van der Waals surface area contributed by atoms with Gasteiger partial charge in [-0.2, -0.15) is 31.6 Å². The Morgan fingerprint density at radius 3 is 2.42 bits per heavy atom. The number of halogens is 6. The van der Waals surface area contributed by atoms with E-state index in [-0.39, 0.29) is 68.1 Å². The zero-order valence-electron chi connectivity index (χ0n) is 32.2. The number of nitrogens with one attached hydrogen (secondary N) is 3. The van der Waals surface area contributed by atoms with Crippen LogP contribution >= 0.6 is 12.2 Å². The zero-order valence-corrected chi connectivity index (χ0v) is 33.0. The molecule has 4 heterocycles. The minimum Gasteiger partial charge on any atom is -0.377 e. The molecule has 14 nitrogen and oxygen atoms in total. The first-order valence-electron chi connectivity index (χ1n) is 19.1. The topological polar surface area (TPSA) is 163 Å². The van der Waals surface area contributed by atoms with Crippen LogP contribution in [0.5, 0.6) is 0 Å². The van der Waals surface area contributed by atoms with E-state index in [0.29, 0.717) is 49.5 Å². The van der Waals surface area contributed by atoms with Crippen molar-refractivity contribution in [1.29, 1.82) is 5.26 Å². The van der Waals surface area contributed by atoms with E-state index in [0.717, 1.165) is 16.0 Å². The molecule has 1 aromatic carbocycles. The van der Waals surface area contributed by atoms with Crippen molar-refractivity contribution in [3.63, 3.8) is 0 Å². The van der Waals surface area contributed by atoms with Crippen LogP contribution in [0.25, 0.3) is 0 Å². The van der Waals surface area contributed by atoms with Gasteiger partial charge in [-0.1, -0.05) is 6.07 Å². The molecule has 0 bridgehead atoms. The van der Waals surface area contributed by atoms with Crippen molar-refractivity contribution >= 4 is 58.0 Å². The van der Waals surface area contributed by atoms with Gasteiger partial charge < -0.3 is 20.3 Å². The summed E-state index contributed by atoms with van der Waals surface area (Å²) in [4.78, 5) is 59.2. The van der Waals surface area contributed by atoms with E-state index in [1.807, 2.05) is 0 Å². The van der Waals surface area contributed by atoms with E-state index < -0.39 is 65.5 Å². The fourth-order valence-electron chi connectivity index (χ4n) is 8.03. The van der Waals surface area contributed by atoms with Crippen LogP contribution < -0.4 is 20.9 Å². The number of piperazine rings is 1. The molecule has 0 radical (unpaired) electrons. The van der Waals surface area contributed by atoms with E-state index in [1.165, 1.54) is 6.07 Å². The molecule has 1 saturated carbocycles. The number of amides is 4. The summed E-state index contributed by atoms with van der Waals surface area (Å²) in [5, 5.41) is 17.0. The van der Waals surface area contributed by atoms with Crippen LogP contribution in [0.1, 0.15) is 63.6 Å². The molecule has 4 amide bonds. The Morgan fingerprint density at radius 1 is 1.05 bits per heavy atom. The van der Waals surface area contributed by atoms with Crippen LogP contribution in [0.4, 0.5) is 43.4 Å². The van der Waals surface area contributed by atoms with Gasteiger partial charge in [-0.25, -0.2) is 4.98 Å². The number of carbonyl (C=O) groups is 4. The van der Waals surface area contributed by atoms with E-state index in [2.05, 4.69) is 20.9 Å². The second-order valence-electron chi connectivity index (χ2n) is 15.5. The third kappa shape index (κ3) is 9.94. The number of piperidine rings is 1. The lowest BCUT2D eigenvalue weighted by Crippen LogP contribution is -2.60. The smallest absolute Gasteiger partial charge is 0.377 e. The molecule has 59 heavy (non-hydrogen) atoms. The minimum atomic E-state index is -4.88. The van der Waals surface area contributed by atoms with Gasteiger partial charge in [0.2, 0.25) is 17.7 Å². The number of imide groups is 1. The zero-order chi connectivity index (χ0) is 42.9. The number of anilines is 3. The average molecular weight is 852 g/mol. The molecule has 6 rings (SSSR count). The highest BCUT2D eigenvalue weighted by atomic mass is 32.1. The molecule has 3 saturated heterocycles. The first-order valence-corrected chi connectivity index (χ1v) is 19.5. The molecular weight excluding hydrogens is 809 g/mol. The predicted octanol–water partition coefficient (Wildman–Crippen LogP) is 4.42. The molecule has 3 aliphatic heterocycles. The van der Waals surface area contributed by atoms with Crippen LogP contribution in [0, 0.1) is 11.3 Å². The lowest BCUT2D eigenvalue weighted by molar-refractivity contribution is -0.197. The van der Waals surface area contributed by atoms with Gasteiger partial charge in [0.1, 0.15) is 23.7 Å². The summed E-state index contributed by atoms with van der Waals surface area (Å²) < 4.78 is 90.0. The van der Waals surface area contributed by atoms with Gasteiger partial charge in [0, 0.05) is 50.0 Å². The number of ether oxygens (including phenoxy) is 1. The summed E-state index contributed by atoms with van der Waals surface area (Å²) in [6.45, 7) is 3.06. The van der Waals surface area contributed by atoms with Gasteiger partial charge in [0.25, 0.3) is 5.91 Å². The molecule has 1 aliphatic carbocycles. The fourth-order valence-corrected chi connectivity index (χ4v) is 8.60. The van der Waals surface area contributed by atoms with Gasteiger partial charge >= 0.3 is 12.4 Å². The standard InChI is InChI=1S/C38H43F6N9O5S/c1-36(2)34(57)52(25-17-27(37(39,40)41)29(18-45)46-19-25)35(59)53(36)24-6-8-26(9-7-24)58-15-14-50-12-13-51(30(20-50)38(42,43)44)21-32(55)48-23-5-3-4-22(16-23)47-28-10-11-31(54)49-33(28)56/h3-5,16-17,19,24,26,28,30,47H,6-15,20-21H2,1-2H3,(H,48,55)(H,49,54,56)/t24-,26-,28-,30+/m0/s1. The Balaban J connectivity index is 0.971. The highest BCUT2D eigenvalue weighted by Gasteiger charge is 2.53. The van der Waals surface area contributed by atoms with Crippen LogP contribution in [0.2, 0.25) is 0 Å². The number of nitrogens with zero attached hydrogens (tertiary/aromatic N) is 6. The first kappa shape index (κ1) is 43.7. The number of aromatic nitrogens is 1. The van der Waals surface area contributed by atoms with Crippen molar-refractivity contribution in [2.24, 2.45) is 0 Å². The Bertz CT molecular complexity index is 2000. The minimum absolute atomic E-state index is 0.0167. The number of nitriles is 1. The molecule has 0 unspecified atom stereocenters. The maximum Gasteiger partial charge on any atom is 0.419 e. The van der Waals surface area contributed by atoms with Crippen molar-refractivity contribution in [3.05, 3.63) is 47.8 Å². The second kappa shape index (κ2) is 17.4. The van der Waals surface area contributed by atoms with E-state index in [9.17, 15) is 45.5 Å². The maximum absolute atomic E-state index is 14.3. The number of hydrogen-bond acceptors (Lipinski definition) is 11. The van der Waals surface area contributed by atoms with Crippen molar-refractivity contribution in [3.8, 4) is 6.07 Å². The van der Waals surface area contributed by atoms with Gasteiger partial charge in [0.05, 0.1) is 36.7 Å². The SMILES string of the molecule is CC1(C)C(=O)N(c2cnc(C#N)c(C(F)(F)F)c2)C(=S)N1[C@H]1CC[C@H](OCCN2CCN(CC(=O)Nc3cccc(N[C@H]4CCC(=O)NC4=O)c3)[C@@H](C(F)(F)F)C2)CC1. The highest BCUT2D eigenvalue weighted by molar-refractivity contribution is 7.80. The third-order valence-corrected chi connectivity index (χ3v) is 11.4. The number of alkyl halides is 6. The Hall–Kier alpha value is -4.91. The molecule has 318 valence electrons. The lowest BCUT2D eigenvalue weighted by Gasteiger charge is -2.42. The monoisotopic (exact) mass is 851 g/mol. The maximum atomic E-state index is 14.3. The van der Waals surface area contributed by atoms with Gasteiger partial charge in [-0.3, -0.25) is 39.2 Å². The van der Waals surface area contributed by atoms with Gasteiger partial charge in [-0.05, 0) is 82.4 Å². The summed E-state index contributed by atoms with van der Waals surface area (Å²) in [5.74, 6) is -2.00. The first-order chi connectivity index (χ1) is 27.8. The largest absolute Gasteiger partial charge is 0.419 e.